The average Bonchev–Trinajstić information content (AvgIpc) is 2.90. The van der Waals surface area contributed by atoms with Crippen LogP contribution < -0.4 is 5.32 Å². The molecule has 1 amide bonds. The minimum Gasteiger partial charge on any atom is -0.465 e. The lowest BCUT2D eigenvalue weighted by molar-refractivity contribution is -0.145. The first kappa shape index (κ1) is 15.9. The number of ether oxygens (including phenoxy) is 1. The Kier molecular flexibility index (Phi) is 4.70. The third-order valence-electron chi connectivity index (χ3n) is 3.76. The number of carbonyl (C=O) groups excluding carboxylic acids is 4. The number of esters is 1. The number of amides is 1. The first-order valence-corrected chi connectivity index (χ1v) is 7.00. The molecule has 0 spiro atoms. The fourth-order valence-electron chi connectivity index (χ4n) is 2.23. The smallest absolute Gasteiger partial charge is 0.316 e. The van der Waals surface area contributed by atoms with Gasteiger partial charge in [0.05, 0.1) is 13.0 Å². The van der Waals surface area contributed by atoms with Gasteiger partial charge in [-0.2, -0.15) is 0 Å². The van der Waals surface area contributed by atoms with E-state index in [1.807, 2.05) is 19.9 Å². The van der Waals surface area contributed by atoms with Crippen molar-refractivity contribution in [3.8, 4) is 0 Å². The molecule has 0 unspecified atom stereocenters. The number of benzene rings is 1. The van der Waals surface area contributed by atoms with Gasteiger partial charge < -0.3 is 10.1 Å². The summed E-state index contributed by atoms with van der Waals surface area (Å²) in [5, 5.41) is 2.50. The second kappa shape index (κ2) is 6.51. The number of anilines is 1. The summed E-state index contributed by atoms with van der Waals surface area (Å²) in [6.45, 7) is 3.90. The van der Waals surface area contributed by atoms with Crippen LogP contribution in [-0.2, 0) is 23.9 Å². The van der Waals surface area contributed by atoms with Crippen molar-refractivity contribution in [2.24, 2.45) is 5.92 Å². The van der Waals surface area contributed by atoms with E-state index < -0.39 is 35.8 Å². The Morgan fingerprint density at radius 3 is 2.64 bits per heavy atom. The van der Waals surface area contributed by atoms with Crippen molar-refractivity contribution < 1.29 is 23.9 Å². The molecule has 0 radical (unpaired) electrons. The van der Waals surface area contributed by atoms with Crippen molar-refractivity contribution in [3.63, 3.8) is 0 Å². The van der Waals surface area contributed by atoms with Gasteiger partial charge >= 0.3 is 5.97 Å². The van der Waals surface area contributed by atoms with Crippen LogP contribution in [0.5, 0.6) is 0 Å². The number of aryl methyl sites for hydroxylation is 1. The van der Waals surface area contributed by atoms with Crippen LogP contribution in [0.4, 0.5) is 5.69 Å². The molecule has 1 aromatic carbocycles. The van der Waals surface area contributed by atoms with Crippen LogP contribution in [0.15, 0.2) is 18.2 Å². The monoisotopic (exact) mass is 303 g/mol. The third-order valence-corrected chi connectivity index (χ3v) is 3.76. The first-order chi connectivity index (χ1) is 10.4. The highest BCUT2D eigenvalue weighted by Crippen LogP contribution is 2.19. The first-order valence-electron chi connectivity index (χ1n) is 7.00. The minimum atomic E-state index is -0.919. The largest absolute Gasteiger partial charge is 0.465 e. The standard InChI is InChI=1S/C16H17NO5/c1-9-4-3-5-12(10(9)2)17-15(20)14(19)8-13(18)11-6-7-22-16(11)21/h3-5,11H,6-8H2,1-2H3,(H,17,20)/t11-/m0/s1. The summed E-state index contributed by atoms with van der Waals surface area (Å²) < 4.78 is 4.68. The van der Waals surface area contributed by atoms with Gasteiger partial charge in [-0.25, -0.2) is 0 Å². The fraction of sp³-hybridized carbons (Fsp3) is 0.375. The van der Waals surface area contributed by atoms with Gasteiger partial charge in [0, 0.05) is 12.1 Å². The molecule has 2 rings (SSSR count). The maximum absolute atomic E-state index is 11.9. The van der Waals surface area contributed by atoms with Crippen LogP contribution in [-0.4, -0.2) is 30.0 Å². The van der Waals surface area contributed by atoms with E-state index in [4.69, 9.17) is 0 Å². The molecular weight excluding hydrogens is 286 g/mol. The van der Waals surface area contributed by atoms with Gasteiger partial charge in [-0.05, 0) is 31.0 Å². The predicted molar refractivity (Wildman–Crippen MR) is 78.2 cm³/mol. The van der Waals surface area contributed by atoms with Crippen molar-refractivity contribution >= 4 is 29.1 Å². The molecule has 116 valence electrons. The Balaban J connectivity index is 1.98. The maximum Gasteiger partial charge on any atom is 0.316 e. The molecular formula is C16H17NO5. The maximum atomic E-state index is 11.9. The van der Waals surface area contributed by atoms with Gasteiger partial charge in [0.15, 0.2) is 5.78 Å². The predicted octanol–water partition coefficient (Wildman–Crippen LogP) is 1.33. The Labute approximate surface area is 127 Å². The molecule has 0 saturated carbocycles. The van der Waals surface area contributed by atoms with E-state index in [9.17, 15) is 19.2 Å². The Hall–Kier alpha value is -2.50. The molecule has 6 heteroatoms. The summed E-state index contributed by atoms with van der Waals surface area (Å²) in [7, 11) is 0. The molecule has 0 aromatic heterocycles. The van der Waals surface area contributed by atoms with Crippen molar-refractivity contribution in [2.45, 2.75) is 26.7 Å². The summed E-state index contributed by atoms with van der Waals surface area (Å²) in [6, 6.07) is 5.34. The molecule has 1 N–H and O–H groups in total. The number of hydrogen-bond acceptors (Lipinski definition) is 5. The molecule has 0 bridgehead atoms. The number of cyclic esters (lactones) is 1. The zero-order chi connectivity index (χ0) is 16.3. The SMILES string of the molecule is Cc1cccc(NC(=O)C(=O)CC(=O)[C@@H]2CCOC2=O)c1C. The Bertz CT molecular complexity index is 650. The van der Waals surface area contributed by atoms with Gasteiger partial charge in [0.1, 0.15) is 5.92 Å². The molecule has 1 heterocycles. The van der Waals surface area contributed by atoms with Gasteiger partial charge in [0.2, 0.25) is 5.78 Å². The van der Waals surface area contributed by atoms with Crippen LogP contribution in [0.25, 0.3) is 0 Å². The van der Waals surface area contributed by atoms with Gasteiger partial charge in [-0.3, -0.25) is 19.2 Å². The quantitative estimate of drug-likeness (QED) is 0.503. The van der Waals surface area contributed by atoms with Crippen LogP contribution in [0.2, 0.25) is 0 Å². The highest BCUT2D eigenvalue weighted by atomic mass is 16.5. The van der Waals surface area contributed by atoms with E-state index in [1.165, 1.54) is 0 Å². The molecule has 1 fully saturated rings. The molecule has 1 saturated heterocycles. The topological polar surface area (TPSA) is 89.5 Å². The summed E-state index contributed by atoms with van der Waals surface area (Å²) >= 11 is 0. The number of carbonyl (C=O) groups is 4. The molecule has 22 heavy (non-hydrogen) atoms. The van der Waals surface area contributed by atoms with Gasteiger partial charge in [-0.1, -0.05) is 12.1 Å². The van der Waals surface area contributed by atoms with E-state index in [1.54, 1.807) is 12.1 Å². The molecule has 1 aromatic rings. The van der Waals surface area contributed by atoms with Crippen molar-refractivity contribution in [3.05, 3.63) is 29.3 Å². The van der Waals surface area contributed by atoms with Crippen LogP contribution in [0.3, 0.4) is 0 Å². The number of hydrogen-bond donors (Lipinski definition) is 1. The van der Waals surface area contributed by atoms with E-state index in [0.717, 1.165) is 11.1 Å². The zero-order valence-corrected chi connectivity index (χ0v) is 12.5. The average molecular weight is 303 g/mol. The van der Waals surface area contributed by atoms with E-state index >= 15 is 0 Å². The number of rotatable bonds is 5. The number of Topliss-reactive ketones (excluding diaryl/α,β-unsaturated/α-hetero) is 2. The molecule has 1 aliphatic rings. The van der Waals surface area contributed by atoms with Crippen molar-refractivity contribution in [1.29, 1.82) is 0 Å². The summed E-state index contributed by atoms with van der Waals surface area (Å²) in [5.41, 5.74) is 2.37. The number of nitrogens with one attached hydrogen (secondary N) is 1. The lowest BCUT2D eigenvalue weighted by Crippen LogP contribution is -2.29. The highest BCUT2D eigenvalue weighted by molar-refractivity contribution is 6.43. The van der Waals surface area contributed by atoms with E-state index in [-0.39, 0.29) is 13.0 Å². The van der Waals surface area contributed by atoms with Crippen molar-refractivity contribution in [1.82, 2.24) is 0 Å². The van der Waals surface area contributed by atoms with E-state index in [2.05, 4.69) is 10.1 Å². The zero-order valence-electron chi connectivity index (χ0n) is 12.5. The molecule has 6 nitrogen and oxygen atoms in total. The number of ketones is 2. The van der Waals surface area contributed by atoms with E-state index in [0.29, 0.717) is 5.69 Å². The summed E-state index contributed by atoms with van der Waals surface area (Å²) in [4.78, 5) is 46.8. The molecule has 1 atom stereocenters. The van der Waals surface area contributed by atoms with Crippen LogP contribution in [0, 0.1) is 19.8 Å². The minimum absolute atomic E-state index is 0.179. The second-order valence-electron chi connectivity index (χ2n) is 5.28. The Morgan fingerprint density at radius 1 is 1.27 bits per heavy atom. The second-order valence-corrected chi connectivity index (χ2v) is 5.28. The van der Waals surface area contributed by atoms with Gasteiger partial charge in [0.25, 0.3) is 5.91 Å². The fourth-order valence-corrected chi connectivity index (χ4v) is 2.23. The normalized spacial score (nSPS) is 17.0. The van der Waals surface area contributed by atoms with Crippen LogP contribution in [0.1, 0.15) is 24.0 Å². The highest BCUT2D eigenvalue weighted by Gasteiger charge is 2.34. The summed E-state index contributed by atoms with van der Waals surface area (Å²) in [6.07, 6.45) is -0.319. The summed E-state index contributed by atoms with van der Waals surface area (Å²) in [5.74, 6) is -3.81. The van der Waals surface area contributed by atoms with Crippen molar-refractivity contribution in [2.75, 3.05) is 11.9 Å². The van der Waals surface area contributed by atoms with Crippen LogP contribution >= 0.6 is 0 Å². The Morgan fingerprint density at radius 2 is 2.00 bits per heavy atom. The third kappa shape index (κ3) is 3.39. The lowest BCUT2D eigenvalue weighted by atomic mass is 9.98. The lowest BCUT2D eigenvalue weighted by Gasteiger charge is -2.10. The van der Waals surface area contributed by atoms with Gasteiger partial charge in [-0.15, -0.1) is 0 Å². The molecule has 0 aliphatic carbocycles. The molecule has 1 aliphatic heterocycles.